The summed E-state index contributed by atoms with van der Waals surface area (Å²) in [7, 11) is 0. The molecule has 0 aromatic heterocycles. The van der Waals surface area contributed by atoms with Crippen LogP contribution in [0.5, 0.6) is 0 Å². The van der Waals surface area contributed by atoms with Crippen LogP contribution in [0.2, 0.25) is 0 Å². The number of fused-ring (bicyclic) bond motifs is 1. The first-order chi connectivity index (χ1) is 8.02. The van der Waals surface area contributed by atoms with E-state index in [1.54, 1.807) is 18.2 Å². The molecule has 0 aliphatic rings. The second kappa shape index (κ2) is 5.39. The summed E-state index contributed by atoms with van der Waals surface area (Å²) in [5, 5.41) is 20.9. The van der Waals surface area contributed by atoms with Gasteiger partial charge in [-0.05, 0) is 16.8 Å². The molecule has 0 amide bonds. The van der Waals surface area contributed by atoms with E-state index in [1.165, 1.54) is 12.1 Å². The number of nitrogens with two attached hydrogens (primary N) is 1. The Labute approximate surface area is 125 Å². The quantitative estimate of drug-likeness (QED) is 0.454. The van der Waals surface area contributed by atoms with Gasteiger partial charge in [0.15, 0.2) is 0 Å². The minimum Gasteiger partial charge on any atom is -0.545 e. The number of rotatable bonds is 2. The van der Waals surface area contributed by atoms with E-state index in [1.807, 2.05) is 0 Å². The van der Waals surface area contributed by atoms with Gasteiger partial charge in [-0.15, -0.1) is 0 Å². The first-order valence-electron chi connectivity index (χ1n) is 4.78. The number of hydrogen-bond donors (Lipinski definition) is 2. The second-order valence-electron chi connectivity index (χ2n) is 3.53. The standard InChI is InChI=1S/C12H9NO4.Na/c13-8-5-6-3-1-2-4-7(6)9(11(14)15)10(8)12(16)17;/h1-5H,13H2,(H,14,15)(H,16,17);/q;+1/p-1. The van der Waals surface area contributed by atoms with Gasteiger partial charge in [-0.25, -0.2) is 4.79 Å². The second-order valence-corrected chi connectivity index (χ2v) is 3.53. The van der Waals surface area contributed by atoms with Crippen LogP contribution in [-0.4, -0.2) is 17.0 Å². The number of hydrogen-bond acceptors (Lipinski definition) is 4. The van der Waals surface area contributed by atoms with Gasteiger partial charge in [0.1, 0.15) is 0 Å². The van der Waals surface area contributed by atoms with Crippen molar-refractivity contribution in [3.63, 3.8) is 0 Å². The van der Waals surface area contributed by atoms with E-state index in [4.69, 9.17) is 10.8 Å². The van der Waals surface area contributed by atoms with Crippen molar-refractivity contribution in [2.24, 2.45) is 0 Å². The fourth-order valence-electron chi connectivity index (χ4n) is 1.81. The summed E-state index contributed by atoms with van der Waals surface area (Å²) in [4.78, 5) is 22.1. The van der Waals surface area contributed by atoms with Crippen LogP contribution in [0.4, 0.5) is 5.69 Å². The Morgan fingerprint density at radius 3 is 2.33 bits per heavy atom. The van der Waals surface area contributed by atoms with E-state index in [0.29, 0.717) is 10.8 Å². The van der Waals surface area contributed by atoms with Gasteiger partial charge in [-0.3, -0.25) is 0 Å². The third-order valence-corrected chi connectivity index (χ3v) is 2.50. The Morgan fingerprint density at radius 2 is 1.78 bits per heavy atom. The van der Waals surface area contributed by atoms with Gasteiger partial charge in [0.05, 0.1) is 11.5 Å². The van der Waals surface area contributed by atoms with E-state index >= 15 is 0 Å². The maximum atomic E-state index is 11.1. The zero-order valence-electron chi connectivity index (χ0n) is 9.64. The molecule has 0 aliphatic heterocycles. The van der Waals surface area contributed by atoms with Crippen LogP contribution in [0.15, 0.2) is 30.3 Å². The van der Waals surface area contributed by atoms with Crippen molar-refractivity contribution in [2.75, 3.05) is 5.73 Å². The van der Waals surface area contributed by atoms with Crippen LogP contribution in [0.25, 0.3) is 10.8 Å². The summed E-state index contributed by atoms with van der Waals surface area (Å²) in [5.41, 5.74) is 4.66. The zero-order chi connectivity index (χ0) is 12.6. The molecule has 18 heavy (non-hydrogen) atoms. The van der Waals surface area contributed by atoms with Crippen molar-refractivity contribution < 1.29 is 49.4 Å². The molecule has 5 nitrogen and oxygen atoms in total. The number of carboxylic acids is 2. The van der Waals surface area contributed by atoms with Gasteiger partial charge < -0.3 is 20.7 Å². The molecule has 0 saturated carbocycles. The first kappa shape index (κ1) is 14.5. The van der Waals surface area contributed by atoms with Gasteiger partial charge in [0.25, 0.3) is 0 Å². The molecule has 0 spiro atoms. The fourth-order valence-corrected chi connectivity index (χ4v) is 1.81. The smallest absolute Gasteiger partial charge is 0.545 e. The minimum absolute atomic E-state index is 0. The molecule has 0 bridgehead atoms. The predicted molar refractivity (Wildman–Crippen MR) is 59.7 cm³/mol. The van der Waals surface area contributed by atoms with E-state index in [9.17, 15) is 14.7 Å². The average molecular weight is 253 g/mol. The maximum absolute atomic E-state index is 11.1. The van der Waals surface area contributed by atoms with Gasteiger partial charge in [-0.1, -0.05) is 24.3 Å². The summed E-state index contributed by atoms with van der Waals surface area (Å²) in [5.74, 6) is -2.93. The molecule has 0 unspecified atom stereocenters. The van der Waals surface area contributed by atoms with Crippen LogP contribution in [-0.2, 0) is 0 Å². The van der Waals surface area contributed by atoms with Gasteiger partial charge in [-0.2, -0.15) is 0 Å². The van der Waals surface area contributed by atoms with Crippen molar-refractivity contribution in [1.82, 2.24) is 0 Å². The van der Waals surface area contributed by atoms with Gasteiger partial charge in [0.2, 0.25) is 0 Å². The average Bonchev–Trinajstić information content (AvgIpc) is 2.26. The molecule has 2 aromatic carbocycles. The van der Waals surface area contributed by atoms with Crippen LogP contribution in [0.3, 0.4) is 0 Å². The largest absolute Gasteiger partial charge is 1.00 e. The van der Waals surface area contributed by atoms with Crippen molar-refractivity contribution in [1.29, 1.82) is 0 Å². The number of aromatic carboxylic acids is 2. The van der Waals surface area contributed by atoms with Crippen LogP contribution >= 0.6 is 0 Å². The maximum Gasteiger partial charge on any atom is 1.00 e. The van der Waals surface area contributed by atoms with Crippen molar-refractivity contribution in [3.8, 4) is 0 Å². The van der Waals surface area contributed by atoms with Crippen LogP contribution < -0.4 is 40.4 Å². The Bertz CT molecular complexity index is 639. The molecule has 0 fully saturated rings. The molecule has 0 atom stereocenters. The van der Waals surface area contributed by atoms with Crippen molar-refractivity contribution >= 4 is 28.4 Å². The predicted octanol–water partition coefficient (Wildman–Crippen LogP) is -2.51. The summed E-state index contributed by atoms with van der Waals surface area (Å²) in [6, 6.07) is 7.94. The Hall–Kier alpha value is -1.56. The molecule has 0 radical (unpaired) electrons. The molecular weight excluding hydrogens is 245 g/mol. The molecule has 0 saturated heterocycles. The molecule has 0 aliphatic carbocycles. The van der Waals surface area contributed by atoms with Crippen molar-refractivity contribution in [3.05, 3.63) is 41.5 Å². The number of anilines is 1. The zero-order valence-corrected chi connectivity index (χ0v) is 11.6. The monoisotopic (exact) mass is 253 g/mol. The van der Waals surface area contributed by atoms with E-state index < -0.39 is 17.5 Å². The van der Waals surface area contributed by atoms with E-state index in [0.717, 1.165) is 0 Å². The number of carboxylic acid groups (broad SMARTS) is 2. The third-order valence-electron chi connectivity index (χ3n) is 2.50. The summed E-state index contributed by atoms with van der Waals surface area (Å²) in [6.45, 7) is 0. The normalized spacial score (nSPS) is 9.78. The molecule has 6 heteroatoms. The third kappa shape index (κ3) is 2.33. The summed E-state index contributed by atoms with van der Waals surface area (Å²) < 4.78 is 0. The topological polar surface area (TPSA) is 103 Å². The van der Waals surface area contributed by atoms with Gasteiger partial charge >= 0.3 is 35.5 Å². The van der Waals surface area contributed by atoms with Crippen LogP contribution in [0, 0.1) is 0 Å². The van der Waals surface area contributed by atoms with Gasteiger partial charge in [0, 0.05) is 11.3 Å². The van der Waals surface area contributed by atoms with E-state index in [-0.39, 0.29) is 40.8 Å². The molecular formula is C12H8NNaO4. The molecule has 86 valence electrons. The number of nitrogen functional groups attached to an aromatic ring is 1. The fraction of sp³-hybridized carbons (Fsp3) is 0. The number of benzene rings is 2. The van der Waals surface area contributed by atoms with E-state index in [2.05, 4.69) is 0 Å². The van der Waals surface area contributed by atoms with Crippen molar-refractivity contribution in [2.45, 2.75) is 0 Å². The molecule has 3 N–H and O–H groups in total. The minimum atomic E-state index is -1.55. The van der Waals surface area contributed by atoms with Crippen LogP contribution in [0.1, 0.15) is 20.7 Å². The SMILES string of the molecule is Nc1cc2ccccc2c(C(=O)[O-])c1C(=O)O.[Na+]. The Balaban J connectivity index is 0.00000162. The number of carbonyl (C=O) groups is 2. The Morgan fingerprint density at radius 1 is 1.17 bits per heavy atom. The first-order valence-corrected chi connectivity index (χ1v) is 4.78. The molecule has 2 aromatic rings. The molecule has 0 heterocycles. The number of carbonyl (C=O) groups excluding carboxylic acids is 1. The summed E-state index contributed by atoms with van der Waals surface area (Å²) >= 11 is 0. The summed E-state index contributed by atoms with van der Waals surface area (Å²) in [6.07, 6.45) is 0. The molecule has 2 rings (SSSR count). The Kier molecular flexibility index (Phi) is 4.34.